The Kier molecular flexibility index (Phi) is 2.75. The molecule has 2 aliphatic carbocycles. The van der Waals surface area contributed by atoms with Gasteiger partial charge in [-0.15, -0.1) is 0 Å². The van der Waals surface area contributed by atoms with Crippen LogP contribution in [0.25, 0.3) is 0 Å². The van der Waals surface area contributed by atoms with Gasteiger partial charge in [-0.3, -0.25) is 0 Å². The maximum absolute atomic E-state index is 10.5. The van der Waals surface area contributed by atoms with Crippen LogP contribution < -0.4 is 5.73 Å². The largest absolute Gasteiger partial charge is 0.449 e. The standard InChI is InChI=1S/C11H17NO2/c12-11(13)14-7-10-8-5-3-1-2-4-6-9(8)10/h1-2,8-10H,3-7H2,(H2,12,13)/b2-1-. The Balaban J connectivity index is 1.78. The van der Waals surface area contributed by atoms with Crippen LogP contribution in [0.15, 0.2) is 12.2 Å². The van der Waals surface area contributed by atoms with E-state index < -0.39 is 6.09 Å². The predicted molar refractivity (Wildman–Crippen MR) is 53.6 cm³/mol. The summed E-state index contributed by atoms with van der Waals surface area (Å²) in [5, 5.41) is 0. The molecule has 78 valence electrons. The number of hydrogen-bond acceptors (Lipinski definition) is 2. The second-order valence-electron chi connectivity index (χ2n) is 4.25. The van der Waals surface area contributed by atoms with Crippen LogP contribution in [0.5, 0.6) is 0 Å². The zero-order valence-corrected chi connectivity index (χ0v) is 8.32. The van der Waals surface area contributed by atoms with Gasteiger partial charge in [-0.25, -0.2) is 4.79 Å². The van der Waals surface area contributed by atoms with Crippen LogP contribution in [0, 0.1) is 17.8 Å². The fourth-order valence-corrected chi connectivity index (χ4v) is 2.62. The van der Waals surface area contributed by atoms with Crippen molar-refractivity contribution < 1.29 is 9.53 Å². The van der Waals surface area contributed by atoms with E-state index >= 15 is 0 Å². The number of allylic oxidation sites excluding steroid dienone is 2. The molecule has 2 atom stereocenters. The summed E-state index contributed by atoms with van der Waals surface area (Å²) >= 11 is 0. The normalized spacial score (nSPS) is 37.6. The van der Waals surface area contributed by atoms with Crippen molar-refractivity contribution >= 4 is 6.09 Å². The van der Waals surface area contributed by atoms with E-state index in [1.165, 1.54) is 25.7 Å². The molecule has 0 aromatic rings. The van der Waals surface area contributed by atoms with Crippen molar-refractivity contribution in [2.45, 2.75) is 25.7 Å². The maximum Gasteiger partial charge on any atom is 0.404 e. The van der Waals surface area contributed by atoms with E-state index in [4.69, 9.17) is 10.5 Å². The second-order valence-corrected chi connectivity index (χ2v) is 4.25. The van der Waals surface area contributed by atoms with Crippen LogP contribution in [0.2, 0.25) is 0 Å². The number of primary amides is 1. The monoisotopic (exact) mass is 195 g/mol. The molecule has 3 nitrogen and oxygen atoms in total. The van der Waals surface area contributed by atoms with Crippen LogP contribution in [0.4, 0.5) is 4.79 Å². The number of nitrogens with two attached hydrogens (primary N) is 1. The highest BCUT2D eigenvalue weighted by Gasteiger charge is 2.49. The van der Waals surface area contributed by atoms with E-state index in [1.807, 2.05) is 0 Å². The molecule has 0 aromatic heterocycles. The van der Waals surface area contributed by atoms with Crippen LogP contribution in [-0.4, -0.2) is 12.7 Å². The molecule has 0 aliphatic heterocycles. The van der Waals surface area contributed by atoms with Gasteiger partial charge in [-0.1, -0.05) is 12.2 Å². The molecule has 1 amide bonds. The average molecular weight is 195 g/mol. The van der Waals surface area contributed by atoms with Crippen molar-refractivity contribution in [2.24, 2.45) is 23.5 Å². The van der Waals surface area contributed by atoms with Crippen molar-refractivity contribution in [3.8, 4) is 0 Å². The van der Waals surface area contributed by atoms with Crippen molar-refractivity contribution in [1.82, 2.24) is 0 Å². The molecule has 0 aromatic carbocycles. The summed E-state index contributed by atoms with van der Waals surface area (Å²) in [4.78, 5) is 10.5. The number of amides is 1. The number of carbonyl (C=O) groups is 1. The lowest BCUT2D eigenvalue weighted by molar-refractivity contribution is 0.147. The molecule has 2 unspecified atom stereocenters. The van der Waals surface area contributed by atoms with Gasteiger partial charge in [0.05, 0.1) is 6.61 Å². The van der Waals surface area contributed by atoms with Crippen LogP contribution in [0.3, 0.4) is 0 Å². The van der Waals surface area contributed by atoms with Gasteiger partial charge in [0, 0.05) is 0 Å². The summed E-state index contributed by atoms with van der Waals surface area (Å²) in [6.07, 6.45) is 8.73. The lowest BCUT2D eigenvalue weighted by Gasteiger charge is -1.99. The van der Waals surface area contributed by atoms with Gasteiger partial charge in [0.25, 0.3) is 0 Å². The summed E-state index contributed by atoms with van der Waals surface area (Å²) in [5.41, 5.74) is 4.95. The summed E-state index contributed by atoms with van der Waals surface area (Å²) in [7, 11) is 0. The Bertz CT molecular complexity index is 234. The highest BCUT2D eigenvalue weighted by atomic mass is 16.5. The third-order valence-electron chi connectivity index (χ3n) is 3.43. The Labute approximate surface area is 84.3 Å². The van der Waals surface area contributed by atoms with Crippen molar-refractivity contribution in [3.63, 3.8) is 0 Å². The minimum absolute atomic E-state index is 0.532. The van der Waals surface area contributed by atoms with E-state index in [-0.39, 0.29) is 0 Å². The van der Waals surface area contributed by atoms with Crippen LogP contribution in [-0.2, 0) is 4.74 Å². The quantitative estimate of drug-likeness (QED) is 0.686. The van der Waals surface area contributed by atoms with Crippen molar-refractivity contribution in [1.29, 1.82) is 0 Å². The first-order valence-corrected chi connectivity index (χ1v) is 5.36. The molecule has 14 heavy (non-hydrogen) atoms. The SMILES string of the molecule is NC(=O)OCC1C2CC/C=C\CCC21. The van der Waals surface area contributed by atoms with Gasteiger partial charge in [-0.2, -0.15) is 0 Å². The summed E-state index contributed by atoms with van der Waals surface area (Å²) < 4.78 is 4.86. The van der Waals surface area contributed by atoms with E-state index in [0.29, 0.717) is 12.5 Å². The molecule has 2 aliphatic rings. The molecule has 2 N–H and O–H groups in total. The van der Waals surface area contributed by atoms with Crippen molar-refractivity contribution in [2.75, 3.05) is 6.61 Å². The molecule has 0 spiro atoms. The van der Waals surface area contributed by atoms with Gasteiger partial charge in [0.1, 0.15) is 0 Å². The fourth-order valence-electron chi connectivity index (χ4n) is 2.62. The van der Waals surface area contributed by atoms with Gasteiger partial charge in [-0.05, 0) is 43.4 Å². The molecule has 1 saturated carbocycles. The lowest BCUT2D eigenvalue weighted by atomic mass is 10.1. The summed E-state index contributed by atoms with van der Waals surface area (Å²) in [5.74, 6) is 2.14. The highest BCUT2D eigenvalue weighted by Crippen LogP contribution is 2.52. The number of rotatable bonds is 2. The Morgan fingerprint density at radius 3 is 2.36 bits per heavy atom. The molecule has 3 heteroatoms. The van der Waals surface area contributed by atoms with Gasteiger partial charge in [0.15, 0.2) is 0 Å². The fraction of sp³-hybridized carbons (Fsp3) is 0.727. The molecule has 0 radical (unpaired) electrons. The number of carbonyl (C=O) groups excluding carboxylic acids is 1. The molecular weight excluding hydrogens is 178 g/mol. The zero-order chi connectivity index (χ0) is 9.97. The second kappa shape index (κ2) is 4.03. The molecule has 2 rings (SSSR count). The third-order valence-corrected chi connectivity index (χ3v) is 3.43. The Morgan fingerprint density at radius 1 is 1.29 bits per heavy atom. The van der Waals surface area contributed by atoms with Crippen LogP contribution >= 0.6 is 0 Å². The minimum atomic E-state index is -0.637. The molecule has 0 bridgehead atoms. The molecule has 1 fully saturated rings. The van der Waals surface area contributed by atoms with E-state index in [1.54, 1.807) is 0 Å². The van der Waals surface area contributed by atoms with Gasteiger partial charge >= 0.3 is 6.09 Å². The van der Waals surface area contributed by atoms with Gasteiger partial charge in [0.2, 0.25) is 0 Å². The first kappa shape index (κ1) is 9.56. The average Bonchev–Trinajstić information content (AvgIpc) is 2.72. The Morgan fingerprint density at radius 2 is 1.86 bits per heavy atom. The van der Waals surface area contributed by atoms with Gasteiger partial charge < -0.3 is 10.5 Å². The number of ether oxygens (including phenoxy) is 1. The van der Waals surface area contributed by atoms with E-state index in [2.05, 4.69) is 12.2 Å². The summed E-state index contributed by atoms with van der Waals surface area (Å²) in [6, 6.07) is 0. The van der Waals surface area contributed by atoms with Crippen LogP contribution in [0.1, 0.15) is 25.7 Å². The van der Waals surface area contributed by atoms with E-state index in [9.17, 15) is 4.79 Å². The lowest BCUT2D eigenvalue weighted by Crippen LogP contribution is -2.15. The molecule has 0 saturated heterocycles. The molecule has 0 heterocycles. The topological polar surface area (TPSA) is 52.3 Å². The Hall–Kier alpha value is -0.990. The third kappa shape index (κ3) is 2.08. The highest BCUT2D eigenvalue weighted by molar-refractivity contribution is 5.64. The maximum atomic E-state index is 10.5. The first-order chi connectivity index (χ1) is 6.79. The smallest absolute Gasteiger partial charge is 0.404 e. The predicted octanol–water partition coefficient (Wildman–Crippen LogP) is 2.07. The van der Waals surface area contributed by atoms with E-state index in [0.717, 1.165) is 11.8 Å². The number of hydrogen-bond donors (Lipinski definition) is 1. The molecular formula is C11H17NO2. The minimum Gasteiger partial charge on any atom is -0.449 e. The number of fused-ring (bicyclic) bond motifs is 1. The summed E-state index contributed by atoms with van der Waals surface area (Å²) in [6.45, 7) is 0.532. The zero-order valence-electron chi connectivity index (χ0n) is 8.32. The van der Waals surface area contributed by atoms with Crippen molar-refractivity contribution in [3.05, 3.63) is 12.2 Å². The first-order valence-electron chi connectivity index (χ1n) is 5.36.